The molecule has 4 aromatic rings. The zero-order chi connectivity index (χ0) is 21.3. The maximum atomic E-state index is 12.8. The first-order chi connectivity index (χ1) is 14.5. The lowest BCUT2D eigenvalue weighted by atomic mass is 10.1. The van der Waals surface area contributed by atoms with Crippen LogP contribution >= 0.6 is 0 Å². The minimum atomic E-state index is -2.95. The van der Waals surface area contributed by atoms with Gasteiger partial charge in [0.2, 0.25) is 0 Å². The molecule has 9 heteroatoms. The van der Waals surface area contributed by atoms with Crippen molar-refractivity contribution >= 4 is 17.2 Å². The van der Waals surface area contributed by atoms with E-state index in [0.717, 1.165) is 5.56 Å². The van der Waals surface area contributed by atoms with Crippen molar-refractivity contribution in [1.82, 2.24) is 19.3 Å². The Morgan fingerprint density at radius 2 is 1.83 bits per heavy atom. The van der Waals surface area contributed by atoms with Gasteiger partial charge in [0.25, 0.3) is 5.56 Å². The topological polar surface area (TPSA) is 79.0 Å². The molecule has 0 aliphatic carbocycles. The van der Waals surface area contributed by atoms with Crippen LogP contribution in [0.4, 0.5) is 8.78 Å². The van der Waals surface area contributed by atoms with Gasteiger partial charge in [0.05, 0.1) is 17.4 Å². The van der Waals surface area contributed by atoms with Gasteiger partial charge in [0, 0.05) is 30.6 Å². The van der Waals surface area contributed by atoms with Crippen LogP contribution in [-0.4, -0.2) is 32.2 Å². The first-order valence-corrected chi connectivity index (χ1v) is 8.98. The fraction of sp³-hybridized carbons (Fsp3) is 0.143. The van der Waals surface area contributed by atoms with E-state index in [4.69, 9.17) is 0 Å². The number of hydrogen-bond donors (Lipinski definition) is 0. The Kier molecular flexibility index (Phi) is 5.09. The van der Waals surface area contributed by atoms with E-state index < -0.39 is 6.61 Å². The van der Waals surface area contributed by atoms with Crippen molar-refractivity contribution in [2.45, 2.75) is 13.2 Å². The number of aldehydes is 1. The highest BCUT2D eigenvalue weighted by molar-refractivity contribution is 5.84. The van der Waals surface area contributed by atoms with Gasteiger partial charge in [-0.1, -0.05) is 24.3 Å². The minimum absolute atomic E-state index is 0.0517. The van der Waals surface area contributed by atoms with Crippen molar-refractivity contribution < 1.29 is 18.3 Å². The van der Waals surface area contributed by atoms with Gasteiger partial charge in [-0.2, -0.15) is 8.78 Å². The minimum Gasteiger partial charge on any atom is -0.434 e. The van der Waals surface area contributed by atoms with E-state index in [1.54, 1.807) is 48.1 Å². The Morgan fingerprint density at radius 1 is 1.10 bits per heavy atom. The number of aromatic nitrogens is 4. The molecular weight excluding hydrogens is 394 g/mol. The summed E-state index contributed by atoms with van der Waals surface area (Å²) in [4.78, 5) is 31.4. The number of carbonyl (C=O) groups excluding carboxylic acids is 1. The lowest BCUT2D eigenvalue weighted by molar-refractivity contribution is -0.0505. The summed E-state index contributed by atoms with van der Waals surface area (Å²) in [6.07, 6.45) is 3.60. The standard InChI is InChI=1S/C21H16F2N4O3/c1-26-20(29)16-7-6-13(15-9-24-19(12-28)25-10-15)8-17(16)27(26)11-14-4-2-3-5-18(14)30-21(22)23/h2-10,12,21H,11H2,1H3. The predicted molar refractivity (Wildman–Crippen MR) is 106 cm³/mol. The number of ether oxygens (including phenoxy) is 1. The van der Waals surface area contributed by atoms with E-state index in [-0.39, 0.29) is 23.7 Å². The van der Waals surface area contributed by atoms with Crippen LogP contribution < -0.4 is 10.3 Å². The quantitative estimate of drug-likeness (QED) is 0.456. The molecule has 0 fully saturated rings. The van der Waals surface area contributed by atoms with Gasteiger partial charge in [-0.15, -0.1) is 0 Å². The third-order valence-corrected chi connectivity index (χ3v) is 4.78. The Morgan fingerprint density at radius 3 is 2.53 bits per heavy atom. The van der Waals surface area contributed by atoms with Gasteiger partial charge in [-0.25, -0.2) is 9.97 Å². The zero-order valence-corrected chi connectivity index (χ0v) is 15.8. The summed E-state index contributed by atoms with van der Waals surface area (Å²) in [6.45, 7) is -2.79. The second kappa shape index (κ2) is 7.86. The molecule has 0 bridgehead atoms. The summed E-state index contributed by atoms with van der Waals surface area (Å²) in [7, 11) is 1.61. The summed E-state index contributed by atoms with van der Waals surface area (Å²) in [5.41, 5.74) is 2.33. The lowest BCUT2D eigenvalue weighted by Gasteiger charge is -2.14. The van der Waals surface area contributed by atoms with Crippen LogP contribution in [-0.2, 0) is 13.6 Å². The molecular formula is C21H16F2N4O3. The Hall–Kier alpha value is -3.88. The van der Waals surface area contributed by atoms with Gasteiger partial charge in [-0.05, 0) is 23.8 Å². The van der Waals surface area contributed by atoms with Crippen molar-refractivity contribution in [3.63, 3.8) is 0 Å². The number of hydrogen-bond acceptors (Lipinski definition) is 5. The molecule has 0 aliphatic heterocycles. The molecule has 0 radical (unpaired) electrons. The molecule has 0 amide bonds. The number of alkyl halides is 2. The number of para-hydroxylation sites is 1. The summed E-state index contributed by atoms with van der Waals surface area (Å²) >= 11 is 0. The number of halogens is 2. The molecule has 4 rings (SSSR count). The van der Waals surface area contributed by atoms with Crippen LogP contribution in [0.15, 0.2) is 59.7 Å². The molecule has 2 heterocycles. The molecule has 0 saturated carbocycles. The Bertz CT molecular complexity index is 1280. The van der Waals surface area contributed by atoms with Crippen molar-refractivity contribution in [1.29, 1.82) is 0 Å². The second-order valence-corrected chi connectivity index (χ2v) is 6.55. The Balaban J connectivity index is 1.81. The predicted octanol–water partition coefficient (Wildman–Crippen LogP) is 3.26. The largest absolute Gasteiger partial charge is 0.434 e. The summed E-state index contributed by atoms with van der Waals surface area (Å²) in [5, 5.41) is 0.485. The van der Waals surface area contributed by atoms with Crippen molar-refractivity contribution in [2.75, 3.05) is 0 Å². The van der Waals surface area contributed by atoms with E-state index in [2.05, 4.69) is 14.7 Å². The summed E-state index contributed by atoms with van der Waals surface area (Å²) < 4.78 is 33.2. The monoisotopic (exact) mass is 410 g/mol. The van der Waals surface area contributed by atoms with Crippen LogP contribution in [0.3, 0.4) is 0 Å². The van der Waals surface area contributed by atoms with Crippen molar-refractivity contribution in [2.24, 2.45) is 7.05 Å². The molecule has 152 valence electrons. The molecule has 0 atom stereocenters. The van der Waals surface area contributed by atoms with Gasteiger partial charge >= 0.3 is 6.61 Å². The highest BCUT2D eigenvalue weighted by Crippen LogP contribution is 2.25. The van der Waals surface area contributed by atoms with Gasteiger partial charge in [0.15, 0.2) is 12.1 Å². The molecule has 30 heavy (non-hydrogen) atoms. The molecule has 0 N–H and O–H groups in total. The van der Waals surface area contributed by atoms with E-state index in [9.17, 15) is 18.4 Å². The molecule has 0 unspecified atom stereocenters. The SMILES string of the molecule is Cn1c(=O)c2ccc(-c3cnc(C=O)nc3)cc2n1Cc1ccccc1OC(F)F. The highest BCUT2D eigenvalue weighted by atomic mass is 19.3. The molecule has 2 aromatic carbocycles. The number of benzene rings is 2. The van der Waals surface area contributed by atoms with Crippen LogP contribution in [0.25, 0.3) is 22.0 Å². The maximum absolute atomic E-state index is 12.8. The summed E-state index contributed by atoms with van der Waals surface area (Å²) in [6, 6.07) is 11.7. The molecule has 2 aromatic heterocycles. The van der Waals surface area contributed by atoms with Gasteiger partial charge in [-0.3, -0.25) is 19.0 Å². The average Bonchev–Trinajstić information content (AvgIpc) is 2.99. The Labute approximate surface area is 169 Å². The highest BCUT2D eigenvalue weighted by Gasteiger charge is 2.15. The number of carbonyl (C=O) groups is 1. The third kappa shape index (κ3) is 3.57. The van der Waals surface area contributed by atoms with E-state index in [1.807, 2.05) is 0 Å². The molecule has 0 aliphatic rings. The molecule has 0 spiro atoms. The fourth-order valence-corrected chi connectivity index (χ4v) is 3.30. The van der Waals surface area contributed by atoms with Crippen LogP contribution in [0.5, 0.6) is 5.75 Å². The average molecular weight is 410 g/mol. The number of rotatable bonds is 6. The van der Waals surface area contributed by atoms with Crippen molar-refractivity contribution in [3.05, 3.63) is 76.6 Å². The lowest BCUT2D eigenvalue weighted by Crippen LogP contribution is -2.20. The summed E-state index contributed by atoms with van der Waals surface area (Å²) in [5.74, 6) is 0.128. The fourth-order valence-electron chi connectivity index (χ4n) is 3.30. The van der Waals surface area contributed by atoms with Crippen LogP contribution in [0.1, 0.15) is 16.2 Å². The number of nitrogens with zero attached hydrogens (tertiary/aromatic N) is 4. The zero-order valence-electron chi connectivity index (χ0n) is 15.8. The second-order valence-electron chi connectivity index (χ2n) is 6.55. The van der Waals surface area contributed by atoms with Gasteiger partial charge in [0.1, 0.15) is 5.75 Å². The smallest absolute Gasteiger partial charge is 0.387 e. The first kappa shape index (κ1) is 19.4. The maximum Gasteiger partial charge on any atom is 0.387 e. The van der Waals surface area contributed by atoms with E-state index in [0.29, 0.717) is 28.3 Å². The molecule has 7 nitrogen and oxygen atoms in total. The van der Waals surface area contributed by atoms with Gasteiger partial charge < -0.3 is 4.74 Å². The van der Waals surface area contributed by atoms with E-state index in [1.165, 1.54) is 23.1 Å². The van der Waals surface area contributed by atoms with E-state index >= 15 is 0 Å². The van der Waals surface area contributed by atoms with Crippen molar-refractivity contribution in [3.8, 4) is 16.9 Å². The number of fused-ring (bicyclic) bond motifs is 1. The first-order valence-electron chi connectivity index (χ1n) is 8.98. The van der Waals surface area contributed by atoms with Crippen LogP contribution in [0.2, 0.25) is 0 Å². The third-order valence-electron chi connectivity index (χ3n) is 4.78. The normalized spacial score (nSPS) is 11.2. The van der Waals surface area contributed by atoms with Crippen LogP contribution in [0, 0.1) is 0 Å². The molecule has 0 saturated heterocycles.